The third kappa shape index (κ3) is 4.55. The Kier molecular flexibility index (Phi) is 5.64. The molecule has 0 aliphatic heterocycles. The molecule has 2 aromatic carbocycles. The number of thiophene rings is 1. The molecule has 4 aromatic rings. The summed E-state index contributed by atoms with van der Waals surface area (Å²) in [6, 6.07) is 17.3. The van der Waals surface area contributed by atoms with Gasteiger partial charge < -0.3 is 15.4 Å². The summed E-state index contributed by atoms with van der Waals surface area (Å²) in [5.41, 5.74) is 1.64. The number of nitrogens with zero attached hydrogens (tertiary/aromatic N) is 2. The van der Waals surface area contributed by atoms with E-state index in [0.717, 1.165) is 10.3 Å². The van der Waals surface area contributed by atoms with Crippen LogP contribution in [0.5, 0.6) is 5.75 Å². The summed E-state index contributed by atoms with van der Waals surface area (Å²) < 4.78 is 5.10. The molecule has 0 aliphatic rings. The van der Waals surface area contributed by atoms with Crippen LogP contribution in [0.1, 0.15) is 20.8 Å². The van der Waals surface area contributed by atoms with Gasteiger partial charge in [-0.15, -0.1) is 11.3 Å². The quantitative estimate of drug-likeness (QED) is 0.427. The molecule has 3 N–H and O–H groups in total. The smallest absolute Gasteiger partial charge is 0.256 e. The van der Waals surface area contributed by atoms with Crippen molar-refractivity contribution in [3.63, 3.8) is 0 Å². The lowest BCUT2D eigenvalue weighted by Crippen LogP contribution is -2.13. The van der Waals surface area contributed by atoms with Crippen LogP contribution < -0.4 is 15.4 Å². The number of methoxy groups -OCH3 is 1. The summed E-state index contributed by atoms with van der Waals surface area (Å²) in [4.78, 5) is 26.4. The fourth-order valence-electron chi connectivity index (χ4n) is 2.96. The number of carbonyl (C=O) groups is 2. The molecule has 9 heteroatoms. The number of anilines is 2. The van der Waals surface area contributed by atoms with Gasteiger partial charge in [-0.1, -0.05) is 0 Å². The highest BCUT2D eigenvalue weighted by Gasteiger charge is 2.15. The second-order valence-electron chi connectivity index (χ2n) is 6.63. The van der Waals surface area contributed by atoms with Crippen LogP contribution in [0, 0.1) is 11.3 Å². The molecule has 0 saturated heterocycles. The van der Waals surface area contributed by atoms with Gasteiger partial charge in [0, 0.05) is 16.1 Å². The number of amides is 2. The van der Waals surface area contributed by atoms with Gasteiger partial charge in [-0.25, -0.2) is 0 Å². The van der Waals surface area contributed by atoms with Crippen LogP contribution in [0.3, 0.4) is 0 Å². The van der Waals surface area contributed by atoms with Crippen molar-refractivity contribution in [3.05, 3.63) is 70.6 Å². The number of H-pyrrole nitrogens is 1. The first-order chi connectivity index (χ1) is 15.1. The molecule has 0 saturated carbocycles. The van der Waals surface area contributed by atoms with E-state index in [1.54, 1.807) is 55.6 Å². The van der Waals surface area contributed by atoms with Gasteiger partial charge in [0.2, 0.25) is 5.91 Å². The van der Waals surface area contributed by atoms with Crippen LogP contribution in [0.25, 0.3) is 10.2 Å². The standard InChI is InChI=1S/C22H17N5O3S/c1-30-16-8-4-14(5-9-16)21(29)25-20-18-10-17(31-22(18)27-26-20)11-19(28)24-15-6-2-13(12-23)3-7-15/h2-10H,11H2,1H3,(H,24,28)(H2,25,26,27,29). The predicted octanol–water partition coefficient (Wildman–Crippen LogP) is 3.94. The lowest BCUT2D eigenvalue weighted by molar-refractivity contribution is -0.115. The van der Waals surface area contributed by atoms with Crippen LogP contribution >= 0.6 is 11.3 Å². The first-order valence-electron chi connectivity index (χ1n) is 9.28. The topological polar surface area (TPSA) is 120 Å². The van der Waals surface area contributed by atoms with E-state index in [1.165, 1.54) is 11.3 Å². The molecule has 2 amide bonds. The van der Waals surface area contributed by atoms with Gasteiger partial charge in [-0.05, 0) is 54.6 Å². The Morgan fingerprint density at radius 2 is 1.87 bits per heavy atom. The van der Waals surface area contributed by atoms with Crippen LogP contribution in [0.4, 0.5) is 11.5 Å². The number of aromatic nitrogens is 2. The monoisotopic (exact) mass is 431 g/mol. The maximum atomic E-state index is 12.5. The average Bonchev–Trinajstić information content (AvgIpc) is 3.35. The number of benzene rings is 2. The van der Waals surface area contributed by atoms with Crippen molar-refractivity contribution in [3.8, 4) is 11.8 Å². The van der Waals surface area contributed by atoms with Gasteiger partial charge in [0.15, 0.2) is 0 Å². The number of nitrogens with one attached hydrogen (secondary N) is 3. The SMILES string of the molecule is COc1ccc(C(=O)Nc2[nH]nc3sc(CC(=O)Nc4ccc(C#N)cc4)cc23)cc1. The molecule has 154 valence electrons. The van der Waals surface area contributed by atoms with Crippen molar-refractivity contribution in [1.29, 1.82) is 5.26 Å². The van der Waals surface area contributed by atoms with Gasteiger partial charge in [0.05, 0.1) is 30.5 Å². The summed E-state index contributed by atoms with van der Waals surface area (Å²) in [5, 5.41) is 22.3. The van der Waals surface area contributed by atoms with Gasteiger partial charge in [-0.3, -0.25) is 14.7 Å². The Balaban J connectivity index is 1.43. The number of aromatic amines is 1. The van der Waals surface area contributed by atoms with E-state index in [2.05, 4.69) is 20.8 Å². The Morgan fingerprint density at radius 3 is 2.55 bits per heavy atom. The highest BCUT2D eigenvalue weighted by Crippen LogP contribution is 2.30. The van der Waals surface area contributed by atoms with Crippen LogP contribution in [0.15, 0.2) is 54.6 Å². The van der Waals surface area contributed by atoms with Crippen LogP contribution in [-0.2, 0) is 11.2 Å². The van der Waals surface area contributed by atoms with Gasteiger partial charge >= 0.3 is 0 Å². The normalized spacial score (nSPS) is 10.5. The lowest BCUT2D eigenvalue weighted by Gasteiger charge is -2.05. The largest absolute Gasteiger partial charge is 0.497 e. The van der Waals surface area contributed by atoms with Gasteiger partial charge in [0.25, 0.3) is 5.91 Å². The van der Waals surface area contributed by atoms with Crippen molar-refractivity contribution in [2.45, 2.75) is 6.42 Å². The Labute approximate surface area is 181 Å². The Bertz CT molecular complexity index is 1280. The van der Waals surface area contributed by atoms with E-state index in [9.17, 15) is 9.59 Å². The van der Waals surface area contributed by atoms with E-state index >= 15 is 0 Å². The minimum absolute atomic E-state index is 0.174. The predicted molar refractivity (Wildman–Crippen MR) is 118 cm³/mol. The molecule has 0 spiro atoms. The molecule has 2 heterocycles. The van der Waals surface area contributed by atoms with Crippen molar-refractivity contribution < 1.29 is 14.3 Å². The summed E-state index contributed by atoms with van der Waals surface area (Å²) in [7, 11) is 1.56. The zero-order chi connectivity index (χ0) is 21.8. The third-order valence-corrected chi connectivity index (χ3v) is 5.55. The van der Waals surface area contributed by atoms with Gasteiger partial charge in [0.1, 0.15) is 16.4 Å². The summed E-state index contributed by atoms with van der Waals surface area (Å²) in [5.74, 6) is 0.689. The van der Waals surface area contributed by atoms with Crippen molar-refractivity contribution in [2.24, 2.45) is 0 Å². The van der Waals surface area contributed by atoms with Gasteiger partial charge in [-0.2, -0.15) is 10.4 Å². The van der Waals surface area contributed by atoms with E-state index in [0.29, 0.717) is 33.2 Å². The number of hydrogen-bond acceptors (Lipinski definition) is 6. The Morgan fingerprint density at radius 1 is 1.13 bits per heavy atom. The summed E-state index contributed by atoms with van der Waals surface area (Å²) in [6.07, 6.45) is 0.174. The maximum absolute atomic E-state index is 12.5. The molecule has 4 rings (SSSR count). The molecule has 8 nitrogen and oxygen atoms in total. The fourth-order valence-corrected chi connectivity index (χ4v) is 3.95. The minimum Gasteiger partial charge on any atom is -0.497 e. The fraction of sp³-hybridized carbons (Fsp3) is 0.0909. The lowest BCUT2D eigenvalue weighted by atomic mass is 10.2. The zero-order valence-corrected chi connectivity index (χ0v) is 17.2. The number of hydrogen-bond donors (Lipinski definition) is 3. The van der Waals surface area contributed by atoms with Crippen molar-refractivity contribution in [2.75, 3.05) is 17.7 Å². The molecule has 0 unspecified atom stereocenters. The molecule has 0 radical (unpaired) electrons. The molecule has 31 heavy (non-hydrogen) atoms. The highest BCUT2D eigenvalue weighted by molar-refractivity contribution is 7.18. The van der Waals surface area contributed by atoms with E-state index < -0.39 is 0 Å². The maximum Gasteiger partial charge on any atom is 0.256 e. The second-order valence-corrected chi connectivity index (χ2v) is 7.74. The average molecular weight is 431 g/mol. The van der Waals surface area contributed by atoms with E-state index in [-0.39, 0.29) is 18.2 Å². The minimum atomic E-state index is -0.278. The first kappa shape index (κ1) is 20.1. The van der Waals surface area contributed by atoms with E-state index in [1.807, 2.05) is 12.1 Å². The molecule has 0 bridgehead atoms. The number of carbonyl (C=O) groups excluding carboxylic acids is 2. The number of nitriles is 1. The summed E-state index contributed by atoms with van der Waals surface area (Å²) >= 11 is 1.38. The second kappa shape index (κ2) is 8.69. The number of fused-ring (bicyclic) bond motifs is 1. The number of rotatable bonds is 6. The Hall–Kier alpha value is -4.16. The highest BCUT2D eigenvalue weighted by atomic mass is 32.1. The van der Waals surface area contributed by atoms with Crippen molar-refractivity contribution >= 4 is 44.9 Å². The molecular formula is C22H17N5O3S. The van der Waals surface area contributed by atoms with E-state index in [4.69, 9.17) is 10.00 Å². The van der Waals surface area contributed by atoms with Crippen LogP contribution in [-0.4, -0.2) is 29.1 Å². The first-order valence-corrected chi connectivity index (χ1v) is 10.1. The molecule has 0 fully saturated rings. The molecule has 2 aromatic heterocycles. The third-order valence-electron chi connectivity index (χ3n) is 4.53. The molecular weight excluding hydrogens is 414 g/mol. The number of ether oxygens (including phenoxy) is 1. The van der Waals surface area contributed by atoms with Crippen LogP contribution in [0.2, 0.25) is 0 Å². The zero-order valence-electron chi connectivity index (χ0n) is 16.4. The summed E-state index contributed by atoms with van der Waals surface area (Å²) in [6.45, 7) is 0. The molecule has 0 aliphatic carbocycles. The van der Waals surface area contributed by atoms with Crippen molar-refractivity contribution in [1.82, 2.24) is 10.2 Å². The molecule has 0 atom stereocenters.